The molecule has 3 rings (SSSR count). The Kier molecular flexibility index (Phi) is 4.60. The lowest BCUT2D eigenvalue weighted by atomic mass is 10.2. The molecule has 8 heteroatoms. The number of hydrogen-bond donors (Lipinski definition) is 2. The molecule has 2 N–H and O–H groups in total. The Morgan fingerprint density at radius 1 is 1.20 bits per heavy atom. The standard InChI is InChI=1S/C17H15NO7/c1-22-13-4-2-3-11(16(13)20)17(21)23-8-15(19)18-10-5-6-12-14(7-10)25-9-24-12/h2-7,20H,8-9H2,1H3,(H,18,19). The van der Waals surface area contributed by atoms with E-state index in [2.05, 4.69) is 5.32 Å². The van der Waals surface area contributed by atoms with Gasteiger partial charge in [0.15, 0.2) is 29.6 Å². The van der Waals surface area contributed by atoms with Crippen LogP contribution in [-0.2, 0) is 9.53 Å². The highest BCUT2D eigenvalue weighted by atomic mass is 16.7. The minimum atomic E-state index is -0.836. The molecule has 1 aliphatic heterocycles. The van der Waals surface area contributed by atoms with Gasteiger partial charge < -0.3 is 29.4 Å². The molecule has 0 saturated heterocycles. The second-order valence-electron chi connectivity index (χ2n) is 5.05. The van der Waals surface area contributed by atoms with Crippen LogP contribution in [-0.4, -0.2) is 37.5 Å². The summed E-state index contributed by atoms with van der Waals surface area (Å²) in [4.78, 5) is 23.9. The van der Waals surface area contributed by atoms with E-state index in [0.29, 0.717) is 17.2 Å². The first-order valence-corrected chi connectivity index (χ1v) is 7.31. The molecule has 0 aromatic heterocycles. The third-order valence-corrected chi connectivity index (χ3v) is 3.43. The van der Waals surface area contributed by atoms with Gasteiger partial charge >= 0.3 is 5.97 Å². The summed E-state index contributed by atoms with van der Waals surface area (Å²) in [6.07, 6.45) is 0. The van der Waals surface area contributed by atoms with Crippen molar-refractivity contribution in [2.24, 2.45) is 0 Å². The number of rotatable bonds is 5. The lowest BCUT2D eigenvalue weighted by molar-refractivity contribution is -0.119. The summed E-state index contributed by atoms with van der Waals surface area (Å²) >= 11 is 0. The maximum Gasteiger partial charge on any atom is 0.342 e. The van der Waals surface area contributed by atoms with Crippen LogP contribution < -0.4 is 19.5 Å². The van der Waals surface area contributed by atoms with Gasteiger partial charge in [-0.1, -0.05) is 6.07 Å². The van der Waals surface area contributed by atoms with E-state index in [1.165, 1.54) is 25.3 Å². The molecule has 1 aliphatic rings. The van der Waals surface area contributed by atoms with Crippen molar-refractivity contribution < 1.29 is 33.6 Å². The summed E-state index contributed by atoms with van der Waals surface area (Å²) in [5.41, 5.74) is 0.393. The average molecular weight is 345 g/mol. The number of esters is 1. The van der Waals surface area contributed by atoms with Crippen LogP contribution >= 0.6 is 0 Å². The molecule has 25 heavy (non-hydrogen) atoms. The highest BCUT2D eigenvalue weighted by molar-refractivity contribution is 5.97. The van der Waals surface area contributed by atoms with Gasteiger partial charge in [0.1, 0.15) is 5.56 Å². The van der Waals surface area contributed by atoms with Crippen LogP contribution in [0.3, 0.4) is 0 Å². The first-order valence-electron chi connectivity index (χ1n) is 7.31. The number of ether oxygens (including phenoxy) is 4. The van der Waals surface area contributed by atoms with Crippen LogP contribution in [0.4, 0.5) is 5.69 Å². The van der Waals surface area contributed by atoms with E-state index < -0.39 is 18.5 Å². The fourth-order valence-electron chi connectivity index (χ4n) is 2.23. The average Bonchev–Trinajstić information content (AvgIpc) is 3.07. The Morgan fingerprint density at radius 3 is 2.80 bits per heavy atom. The van der Waals surface area contributed by atoms with Crippen molar-refractivity contribution >= 4 is 17.6 Å². The number of nitrogens with one attached hydrogen (secondary N) is 1. The highest BCUT2D eigenvalue weighted by Crippen LogP contribution is 2.34. The van der Waals surface area contributed by atoms with Gasteiger partial charge in [-0.3, -0.25) is 4.79 Å². The number of aromatic hydroxyl groups is 1. The largest absolute Gasteiger partial charge is 0.504 e. The highest BCUT2D eigenvalue weighted by Gasteiger charge is 2.18. The third kappa shape index (κ3) is 3.57. The molecule has 0 bridgehead atoms. The van der Waals surface area contributed by atoms with Crippen molar-refractivity contribution in [3.8, 4) is 23.0 Å². The minimum Gasteiger partial charge on any atom is -0.504 e. The predicted molar refractivity (Wildman–Crippen MR) is 86.1 cm³/mol. The molecule has 2 aromatic rings. The van der Waals surface area contributed by atoms with E-state index in [-0.39, 0.29) is 23.9 Å². The van der Waals surface area contributed by atoms with Gasteiger partial charge in [-0.25, -0.2) is 4.79 Å². The van der Waals surface area contributed by atoms with E-state index in [9.17, 15) is 14.7 Å². The smallest absolute Gasteiger partial charge is 0.342 e. The van der Waals surface area contributed by atoms with Crippen LogP contribution in [0.15, 0.2) is 36.4 Å². The molecular formula is C17H15NO7. The monoisotopic (exact) mass is 345 g/mol. The third-order valence-electron chi connectivity index (χ3n) is 3.43. The number of methoxy groups -OCH3 is 1. The SMILES string of the molecule is COc1cccc(C(=O)OCC(=O)Nc2ccc3c(c2)OCO3)c1O. The zero-order valence-electron chi connectivity index (χ0n) is 13.3. The molecule has 130 valence electrons. The summed E-state index contributed by atoms with van der Waals surface area (Å²) in [6, 6.07) is 9.31. The second-order valence-corrected chi connectivity index (χ2v) is 5.05. The van der Waals surface area contributed by atoms with Gasteiger partial charge in [-0.2, -0.15) is 0 Å². The summed E-state index contributed by atoms with van der Waals surface area (Å²) in [7, 11) is 1.36. The Balaban J connectivity index is 1.58. The number of phenols is 1. The molecule has 1 heterocycles. The number of carbonyl (C=O) groups is 2. The van der Waals surface area contributed by atoms with Crippen molar-refractivity contribution in [2.45, 2.75) is 0 Å². The lowest BCUT2D eigenvalue weighted by Gasteiger charge is -2.09. The summed E-state index contributed by atoms with van der Waals surface area (Å²) < 4.78 is 20.2. The minimum absolute atomic E-state index is 0.0878. The first-order chi connectivity index (χ1) is 12.1. The molecule has 2 aromatic carbocycles. The summed E-state index contributed by atoms with van der Waals surface area (Å²) in [5.74, 6) is -0.452. The zero-order chi connectivity index (χ0) is 17.8. The molecule has 0 fully saturated rings. The molecule has 1 amide bonds. The molecule has 0 atom stereocenters. The van der Waals surface area contributed by atoms with Gasteiger partial charge in [0.05, 0.1) is 7.11 Å². The van der Waals surface area contributed by atoms with E-state index in [1.54, 1.807) is 18.2 Å². The van der Waals surface area contributed by atoms with E-state index in [1.807, 2.05) is 0 Å². The fourth-order valence-corrected chi connectivity index (χ4v) is 2.23. The number of carbonyl (C=O) groups excluding carboxylic acids is 2. The van der Waals surface area contributed by atoms with Crippen molar-refractivity contribution in [3.63, 3.8) is 0 Å². The van der Waals surface area contributed by atoms with E-state index in [0.717, 1.165) is 0 Å². The number of hydrogen-bond acceptors (Lipinski definition) is 7. The normalized spacial score (nSPS) is 11.7. The maximum atomic E-state index is 12.0. The molecule has 0 radical (unpaired) electrons. The van der Waals surface area contributed by atoms with E-state index >= 15 is 0 Å². The van der Waals surface area contributed by atoms with Crippen molar-refractivity contribution in [2.75, 3.05) is 25.8 Å². The Labute approximate surface area is 142 Å². The van der Waals surface area contributed by atoms with E-state index in [4.69, 9.17) is 18.9 Å². The van der Waals surface area contributed by atoms with Gasteiger partial charge in [0.2, 0.25) is 6.79 Å². The first kappa shape index (κ1) is 16.4. The Morgan fingerprint density at radius 2 is 2.00 bits per heavy atom. The van der Waals surface area contributed by atoms with Crippen LogP contribution in [0.2, 0.25) is 0 Å². The van der Waals surface area contributed by atoms with Crippen LogP contribution in [0.5, 0.6) is 23.0 Å². The molecule has 0 saturated carbocycles. The zero-order valence-corrected chi connectivity index (χ0v) is 13.3. The molecular weight excluding hydrogens is 330 g/mol. The van der Waals surface area contributed by atoms with Gasteiger partial charge in [0, 0.05) is 11.8 Å². The van der Waals surface area contributed by atoms with Crippen molar-refractivity contribution in [3.05, 3.63) is 42.0 Å². The number of para-hydroxylation sites is 1. The van der Waals surface area contributed by atoms with Crippen LogP contribution in [0.1, 0.15) is 10.4 Å². The molecule has 0 spiro atoms. The fraction of sp³-hybridized carbons (Fsp3) is 0.176. The quantitative estimate of drug-likeness (QED) is 0.798. The lowest BCUT2D eigenvalue weighted by Crippen LogP contribution is -2.21. The van der Waals surface area contributed by atoms with Gasteiger partial charge in [-0.05, 0) is 24.3 Å². The summed E-state index contributed by atoms with van der Waals surface area (Å²) in [5, 5.41) is 12.5. The predicted octanol–water partition coefficient (Wildman–Crippen LogP) is 1.92. The van der Waals surface area contributed by atoms with Crippen molar-refractivity contribution in [1.82, 2.24) is 0 Å². The number of benzene rings is 2. The van der Waals surface area contributed by atoms with Gasteiger partial charge in [-0.15, -0.1) is 0 Å². The maximum absolute atomic E-state index is 12.0. The molecule has 8 nitrogen and oxygen atoms in total. The number of amides is 1. The summed E-state index contributed by atoms with van der Waals surface area (Å²) in [6.45, 7) is -0.377. The number of phenolic OH excluding ortho intramolecular Hbond substituents is 1. The molecule has 0 aliphatic carbocycles. The Hall–Kier alpha value is -3.42. The second kappa shape index (κ2) is 7.00. The van der Waals surface area contributed by atoms with Gasteiger partial charge in [0.25, 0.3) is 5.91 Å². The van der Waals surface area contributed by atoms with Crippen LogP contribution in [0, 0.1) is 0 Å². The number of fused-ring (bicyclic) bond motifs is 1. The number of anilines is 1. The van der Waals surface area contributed by atoms with Crippen LogP contribution in [0.25, 0.3) is 0 Å². The Bertz CT molecular complexity index is 819. The van der Waals surface area contributed by atoms with Crippen molar-refractivity contribution in [1.29, 1.82) is 0 Å². The molecule has 0 unspecified atom stereocenters. The topological polar surface area (TPSA) is 103 Å².